The molecule has 0 spiro atoms. The number of hydrogen-bond acceptors (Lipinski definition) is 2. The van der Waals surface area contributed by atoms with Crippen molar-refractivity contribution < 1.29 is 9.13 Å². The zero-order valence-electron chi connectivity index (χ0n) is 12.9. The lowest BCUT2D eigenvalue weighted by Crippen LogP contribution is -2.52. The molecule has 1 unspecified atom stereocenters. The minimum Gasteiger partial charge on any atom is -0.377 e. The molecule has 1 aromatic rings. The zero-order valence-corrected chi connectivity index (χ0v) is 13.7. The highest BCUT2D eigenvalue weighted by atomic mass is 35.5. The van der Waals surface area contributed by atoms with Gasteiger partial charge in [-0.1, -0.05) is 37.4 Å². The summed E-state index contributed by atoms with van der Waals surface area (Å²) in [6.45, 7) is 3.04. The van der Waals surface area contributed by atoms with Crippen molar-refractivity contribution in [2.24, 2.45) is 0 Å². The van der Waals surface area contributed by atoms with Crippen LogP contribution in [0.4, 0.5) is 4.39 Å². The number of nitrogens with one attached hydrogen (secondary N) is 1. The van der Waals surface area contributed by atoms with Crippen molar-refractivity contribution in [3.63, 3.8) is 0 Å². The van der Waals surface area contributed by atoms with Crippen molar-refractivity contribution in [3.05, 3.63) is 34.6 Å². The van der Waals surface area contributed by atoms with E-state index in [2.05, 4.69) is 12.2 Å². The number of benzene rings is 1. The highest BCUT2D eigenvalue weighted by Gasteiger charge is 2.41. The zero-order chi connectivity index (χ0) is 15.3. The van der Waals surface area contributed by atoms with Crippen LogP contribution < -0.4 is 5.32 Å². The Balaban J connectivity index is 2.24. The monoisotopic (exact) mass is 313 g/mol. The third kappa shape index (κ3) is 3.77. The molecular formula is C17H25ClFNO. The Hall–Kier alpha value is -0.640. The largest absolute Gasteiger partial charge is 0.377 e. The fourth-order valence-corrected chi connectivity index (χ4v) is 3.60. The first kappa shape index (κ1) is 16.7. The third-order valence-electron chi connectivity index (χ3n) is 4.60. The van der Waals surface area contributed by atoms with Gasteiger partial charge in [-0.3, -0.25) is 0 Å². The molecule has 0 saturated heterocycles. The summed E-state index contributed by atoms with van der Waals surface area (Å²) >= 11 is 6.19. The molecule has 118 valence electrons. The van der Waals surface area contributed by atoms with Crippen molar-refractivity contribution in [1.29, 1.82) is 0 Å². The van der Waals surface area contributed by atoms with Gasteiger partial charge in [-0.15, -0.1) is 0 Å². The molecule has 4 heteroatoms. The van der Waals surface area contributed by atoms with Crippen LogP contribution in [0.2, 0.25) is 5.02 Å². The molecule has 0 amide bonds. The standard InChI is InChI=1S/C17H25ClFNO/c1-3-11-20-16(17(21-2)9-4-5-10-17)12-13-14(18)7-6-8-15(13)19/h6-8,16,20H,3-5,9-12H2,1-2H3. The van der Waals surface area contributed by atoms with E-state index in [9.17, 15) is 4.39 Å². The van der Waals surface area contributed by atoms with Gasteiger partial charge in [-0.2, -0.15) is 0 Å². The Kier molecular flexibility index (Phi) is 6.03. The number of halogens is 2. The molecule has 0 aliphatic heterocycles. The Labute approximate surface area is 132 Å². The molecule has 2 rings (SSSR count). The Morgan fingerprint density at radius 3 is 2.67 bits per heavy atom. The Morgan fingerprint density at radius 1 is 1.38 bits per heavy atom. The summed E-state index contributed by atoms with van der Waals surface area (Å²) in [6, 6.07) is 4.98. The summed E-state index contributed by atoms with van der Waals surface area (Å²) in [4.78, 5) is 0. The van der Waals surface area contributed by atoms with Crippen LogP contribution in [0.1, 0.15) is 44.6 Å². The van der Waals surface area contributed by atoms with Gasteiger partial charge < -0.3 is 10.1 Å². The Morgan fingerprint density at radius 2 is 2.10 bits per heavy atom. The molecule has 2 nitrogen and oxygen atoms in total. The number of hydrogen-bond donors (Lipinski definition) is 1. The van der Waals surface area contributed by atoms with E-state index in [1.54, 1.807) is 19.2 Å². The van der Waals surface area contributed by atoms with Gasteiger partial charge in [0.15, 0.2) is 0 Å². The molecule has 0 bridgehead atoms. The topological polar surface area (TPSA) is 21.3 Å². The maximum atomic E-state index is 14.1. The summed E-state index contributed by atoms with van der Waals surface area (Å²) in [5.41, 5.74) is 0.400. The highest BCUT2D eigenvalue weighted by Crippen LogP contribution is 2.37. The second-order valence-corrected chi connectivity index (χ2v) is 6.29. The second kappa shape index (κ2) is 7.57. The first-order valence-electron chi connectivity index (χ1n) is 7.84. The molecule has 1 aliphatic carbocycles. The first-order chi connectivity index (χ1) is 10.1. The fourth-order valence-electron chi connectivity index (χ4n) is 3.36. The first-order valence-corrected chi connectivity index (χ1v) is 8.22. The number of ether oxygens (including phenoxy) is 1. The van der Waals surface area contributed by atoms with Gasteiger partial charge in [0.25, 0.3) is 0 Å². The molecule has 1 saturated carbocycles. The van der Waals surface area contributed by atoms with Gasteiger partial charge in [0.05, 0.1) is 5.60 Å². The van der Waals surface area contributed by atoms with Crippen LogP contribution >= 0.6 is 11.6 Å². The molecule has 0 radical (unpaired) electrons. The third-order valence-corrected chi connectivity index (χ3v) is 4.96. The van der Waals surface area contributed by atoms with Crippen LogP contribution in [-0.2, 0) is 11.2 Å². The van der Waals surface area contributed by atoms with Gasteiger partial charge in [0.2, 0.25) is 0 Å². The van der Waals surface area contributed by atoms with Crippen LogP contribution in [0.5, 0.6) is 0 Å². The van der Waals surface area contributed by atoms with Gasteiger partial charge in [0.1, 0.15) is 5.82 Å². The molecule has 1 atom stereocenters. The lowest BCUT2D eigenvalue weighted by Gasteiger charge is -2.37. The maximum Gasteiger partial charge on any atom is 0.127 e. The van der Waals surface area contributed by atoms with Crippen molar-refractivity contribution in [3.8, 4) is 0 Å². The maximum absolute atomic E-state index is 14.1. The average molecular weight is 314 g/mol. The molecule has 21 heavy (non-hydrogen) atoms. The van der Waals surface area contributed by atoms with Crippen LogP contribution in [0, 0.1) is 5.82 Å². The minimum absolute atomic E-state index is 0.0966. The predicted molar refractivity (Wildman–Crippen MR) is 85.4 cm³/mol. The normalized spacial score (nSPS) is 18.9. The molecular weight excluding hydrogens is 289 g/mol. The van der Waals surface area contributed by atoms with Crippen LogP contribution in [0.25, 0.3) is 0 Å². The molecule has 1 N–H and O–H groups in total. The summed E-state index contributed by atoms with van der Waals surface area (Å²) in [6.07, 6.45) is 6.00. The minimum atomic E-state index is -0.227. The van der Waals surface area contributed by atoms with E-state index in [1.165, 1.54) is 18.9 Å². The SMILES string of the molecule is CCCNC(Cc1c(F)cccc1Cl)C1(OC)CCCC1. The molecule has 1 aromatic carbocycles. The van der Waals surface area contributed by atoms with E-state index in [0.29, 0.717) is 17.0 Å². The quantitative estimate of drug-likeness (QED) is 0.808. The Bertz CT molecular complexity index is 440. The lowest BCUT2D eigenvalue weighted by molar-refractivity contribution is -0.0356. The van der Waals surface area contributed by atoms with Crippen LogP contribution in [-0.4, -0.2) is 25.3 Å². The van der Waals surface area contributed by atoms with Crippen molar-refractivity contribution in [1.82, 2.24) is 5.32 Å². The fraction of sp³-hybridized carbons (Fsp3) is 0.647. The molecule has 0 heterocycles. The van der Waals surface area contributed by atoms with E-state index in [-0.39, 0.29) is 17.5 Å². The van der Waals surface area contributed by atoms with Gasteiger partial charge in [-0.05, 0) is 44.4 Å². The summed E-state index contributed by atoms with van der Waals surface area (Å²) in [5.74, 6) is -0.227. The average Bonchev–Trinajstić information content (AvgIpc) is 2.96. The molecule has 0 aromatic heterocycles. The van der Waals surface area contributed by atoms with Crippen LogP contribution in [0.3, 0.4) is 0 Å². The van der Waals surface area contributed by atoms with Gasteiger partial charge >= 0.3 is 0 Å². The van der Waals surface area contributed by atoms with Crippen molar-refractivity contribution in [2.45, 2.75) is 57.1 Å². The van der Waals surface area contributed by atoms with Crippen molar-refractivity contribution in [2.75, 3.05) is 13.7 Å². The van der Waals surface area contributed by atoms with E-state index in [1.807, 2.05) is 0 Å². The second-order valence-electron chi connectivity index (χ2n) is 5.89. The van der Waals surface area contributed by atoms with E-state index in [0.717, 1.165) is 25.8 Å². The van der Waals surface area contributed by atoms with E-state index < -0.39 is 0 Å². The lowest BCUT2D eigenvalue weighted by atomic mass is 9.87. The summed E-state index contributed by atoms with van der Waals surface area (Å²) < 4.78 is 20.0. The smallest absolute Gasteiger partial charge is 0.127 e. The summed E-state index contributed by atoms with van der Waals surface area (Å²) in [5, 5.41) is 4.06. The predicted octanol–water partition coefficient (Wildman–Crippen LogP) is 4.35. The molecule has 1 fully saturated rings. The number of methoxy groups -OCH3 is 1. The molecule has 1 aliphatic rings. The van der Waals surface area contributed by atoms with Crippen molar-refractivity contribution >= 4 is 11.6 Å². The number of rotatable bonds is 7. The van der Waals surface area contributed by atoms with E-state index in [4.69, 9.17) is 16.3 Å². The van der Waals surface area contributed by atoms with Crippen LogP contribution in [0.15, 0.2) is 18.2 Å². The van der Waals surface area contributed by atoms with Gasteiger partial charge in [-0.25, -0.2) is 4.39 Å². The highest BCUT2D eigenvalue weighted by molar-refractivity contribution is 6.31. The van der Waals surface area contributed by atoms with Gasteiger partial charge in [0, 0.05) is 23.7 Å². The van der Waals surface area contributed by atoms with E-state index >= 15 is 0 Å². The summed E-state index contributed by atoms with van der Waals surface area (Å²) in [7, 11) is 1.77.